The highest BCUT2D eigenvalue weighted by atomic mass is 79.9. The molecule has 0 bridgehead atoms. The number of hydrogen-bond donors (Lipinski definition) is 1. The van der Waals surface area contributed by atoms with Gasteiger partial charge in [0.15, 0.2) is 0 Å². The van der Waals surface area contributed by atoms with Gasteiger partial charge < -0.3 is 9.84 Å². The van der Waals surface area contributed by atoms with E-state index in [4.69, 9.17) is 9.84 Å². The number of halogens is 1. The van der Waals surface area contributed by atoms with Crippen LogP contribution in [0.5, 0.6) is 5.75 Å². The summed E-state index contributed by atoms with van der Waals surface area (Å²) >= 11 is 3.23. The van der Waals surface area contributed by atoms with Crippen molar-refractivity contribution in [2.45, 2.75) is 18.9 Å². The third-order valence-electron chi connectivity index (χ3n) is 2.01. The van der Waals surface area contributed by atoms with Crippen LogP contribution in [0.3, 0.4) is 0 Å². The Hall–Kier alpha value is -1.03. The van der Waals surface area contributed by atoms with Gasteiger partial charge in [0.1, 0.15) is 5.75 Å². The van der Waals surface area contributed by atoms with Gasteiger partial charge in [-0.2, -0.15) is 0 Å². The van der Waals surface area contributed by atoms with Crippen LogP contribution in [-0.4, -0.2) is 17.2 Å². The number of carboxylic acid groups (broad SMARTS) is 1. The van der Waals surface area contributed by atoms with E-state index in [1.165, 1.54) is 0 Å². The zero-order valence-corrected chi connectivity index (χ0v) is 8.95. The summed E-state index contributed by atoms with van der Waals surface area (Å²) in [5.74, 6) is -0.328. The quantitative estimate of drug-likeness (QED) is 0.905. The van der Waals surface area contributed by atoms with Gasteiger partial charge in [-0.05, 0) is 40.9 Å². The lowest BCUT2D eigenvalue weighted by Gasteiger charge is -2.08. The lowest BCUT2D eigenvalue weighted by atomic mass is 10.2. The average Bonchev–Trinajstić information content (AvgIpc) is 2.92. The predicted octanol–water partition coefficient (Wildman–Crippen LogP) is 2.69. The predicted molar refractivity (Wildman–Crippen MR) is 54.8 cm³/mol. The Balaban J connectivity index is 2.30. The number of ether oxygens (including phenoxy) is 1. The van der Waals surface area contributed by atoms with E-state index in [2.05, 4.69) is 15.9 Å². The molecule has 4 heteroatoms. The Morgan fingerprint density at radius 1 is 1.50 bits per heavy atom. The Morgan fingerprint density at radius 3 is 2.79 bits per heavy atom. The summed E-state index contributed by atoms with van der Waals surface area (Å²) in [7, 11) is 0. The van der Waals surface area contributed by atoms with E-state index in [1.807, 2.05) is 0 Å². The lowest BCUT2D eigenvalue weighted by Crippen LogP contribution is -2.02. The molecule has 1 N–H and O–H groups in total. The van der Waals surface area contributed by atoms with E-state index >= 15 is 0 Å². The molecule has 0 radical (unpaired) electrons. The monoisotopic (exact) mass is 256 g/mol. The largest absolute Gasteiger partial charge is 0.489 e. The van der Waals surface area contributed by atoms with Gasteiger partial charge >= 0.3 is 5.97 Å². The van der Waals surface area contributed by atoms with E-state index in [0.717, 1.165) is 12.8 Å². The van der Waals surface area contributed by atoms with Gasteiger partial charge in [0.25, 0.3) is 0 Å². The second-order valence-corrected chi connectivity index (χ2v) is 4.03. The molecule has 1 fully saturated rings. The molecule has 74 valence electrons. The first-order valence-corrected chi connectivity index (χ1v) is 5.16. The SMILES string of the molecule is O=C(O)c1cccc(OC2CC2)c1Br. The van der Waals surface area contributed by atoms with Crippen LogP contribution in [0.2, 0.25) is 0 Å². The van der Waals surface area contributed by atoms with Crippen molar-refractivity contribution in [2.24, 2.45) is 0 Å². The maximum Gasteiger partial charge on any atom is 0.336 e. The van der Waals surface area contributed by atoms with Crippen LogP contribution in [0.15, 0.2) is 22.7 Å². The highest BCUT2D eigenvalue weighted by Gasteiger charge is 2.25. The number of rotatable bonds is 3. The molecule has 1 aliphatic rings. The zero-order valence-electron chi connectivity index (χ0n) is 7.37. The van der Waals surface area contributed by atoms with Gasteiger partial charge in [-0.1, -0.05) is 6.07 Å². The number of hydrogen-bond acceptors (Lipinski definition) is 2. The topological polar surface area (TPSA) is 46.5 Å². The average molecular weight is 257 g/mol. The summed E-state index contributed by atoms with van der Waals surface area (Å²) in [6, 6.07) is 5.01. The Labute approximate surface area is 89.8 Å². The van der Waals surface area contributed by atoms with Gasteiger partial charge in [-0.3, -0.25) is 0 Å². The van der Waals surface area contributed by atoms with Crippen LogP contribution in [0.25, 0.3) is 0 Å². The molecule has 3 nitrogen and oxygen atoms in total. The first-order valence-electron chi connectivity index (χ1n) is 4.37. The van der Waals surface area contributed by atoms with Crippen molar-refractivity contribution in [3.63, 3.8) is 0 Å². The fraction of sp³-hybridized carbons (Fsp3) is 0.300. The van der Waals surface area contributed by atoms with Gasteiger partial charge in [0.2, 0.25) is 0 Å². The van der Waals surface area contributed by atoms with E-state index in [0.29, 0.717) is 10.2 Å². The zero-order chi connectivity index (χ0) is 10.1. The summed E-state index contributed by atoms with van der Waals surface area (Å²) < 4.78 is 6.06. The molecular weight excluding hydrogens is 248 g/mol. The molecular formula is C10H9BrO3. The van der Waals surface area contributed by atoms with Crippen molar-refractivity contribution in [2.75, 3.05) is 0 Å². The van der Waals surface area contributed by atoms with Crippen LogP contribution >= 0.6 is 15.9 Å². The third kappa shape index (κ3) is 1.90. The number of carbonyl (C=O) groups is 1. The van der Waals surface area contributed by atoms with Gasteiger partial charge in [0.05, 0.1) is 16.1 Å². The minimum Gasteiger partial charge on any atom is -0.489 e. The van der Waals surface area contributed by atoms with E-state index < -0.39 is 5.97 Å². The van der Waals surface area contributed by atoms with Crippen LogP contribution in [0.1, 0.15) is 23.2 Å². The molecule has 1 aromatic carbocycles. The molecule has 1 aliphatic carbocycles. The maximum absolute atomic E-state index is 10.8. The van der Waals surface area contributed by atoms with Crippen molar-refractivity contribution in [3.05, 3.63) is 28.2 Å². The molecule has 0 heterocycles. The van der Waals surface area contributed by atoms with Crippen molar-refractivity contribution < 1.29 is 14.6 Å². The van der Waals surface area contributed by atoms with E-state index in [-0.39, 0.29) is 11.7 Å². The van der Waals surface area contributed by atoms with Crippen molar-refractivity contribution in [1.82, 2.24) is 0 Å². The number of benzene rings is 1. The Kier molecular flexibility index (Phi) is 2.46. The Morgan fingerprint density at radius 2 is 2.21 bits per heavy atom. The summed E-state index contributed by atoms with van der Waals surface area (Å²) in [4.78, 5) is 10.8. The van der Waals surface area contributed by atoms with Crippen LogP contribution in [0, 0.1) is 0 Å². The van der Waals surface area contributed by atoms with Crippen molar-refractivity contribution in [1.29, 1.82) is 0 Å². The van der Waals surface area contributed by atoms with Crippen LogP contribution in [0.4, 0.5) is 0 Å². The van der Waals surface area contributed by atoms with Crippen LogP contribution < -0.4 is 4.74 Å². The molecule has 14 heavy (non-hydrogen) atoms. The highest BCUT2D eigenvalue weighted by molar-refractivity contribution is 9.10. The minimum atomic E-state index is -0.946. The van der Waals surface area contributed by atoms with Crippen molar-refractivity contribution in [3.8, 4) is 5.75 Å². The Bertz CT molecular complexity index is 372. The van der Waals surface area contributed by atoms with Crippen molar-refractivity contribution >= 4 is 21.9 Å². The molecule has 0 spiro atoms. The second kappa shape index (κ2) is 3.61. The molecule has 1 saturated carbocycles. The smallest absolute Gasteiger partial charge is 0.336 e. The van der Waals surface area contributed by atoms with Gasteiger partial charge in [0, 0.05) is 0 Å². The first kappa shape index (κ1) is 9.52. The third-order valence-corrected chi connectivity index (χ3v) is 2.83. The van der Waals surface area contributed by atoms with E-state index in [1.54, 1.807) is 18.2 Å². The lowest BCUT2D eigenvalue weighted by molar-refractivity contribution is 0.0695. The molecule has 0 aromatic heterocycles. The normalized spacial score (nSPS) is 15.2. The summed E-state index contributed by atoms with van der Waals surface area (Å²) in [6.07, 6.45) is 2.39. The highest BCUT2D eigenvalue weighted by Crippen LogP contribution is 2.33. The van der Waals surface area contributed by atoms with Gasteiger partial charge in [-0.15, -0.1) is 0 Å². The number of aromatic carboxylic acids is 1. The summed E-state index contributed by atoms with van der Waals surface area (Å²) in [5.41, 5.74) is 0.239. The molecule has 2 rings (SSSR count). The van der Waals surface area contributed by atoms with E-state index in [9.17, 15) is 4.79 Å². The first-order chi connectivity index (χ1) is 6.68. The minimum absolute atomic E-state index is 0.239. The summed E-state index contributed by atoms with van der Waals surface area (Å²) in [6.45, 7) is 0. The molecule has 1 aromatic rings. The standard InChI is InChI=1S/C10H9BrO3/c11-9-7(10(12)13)2-1-3-8(9)14-6-4-5-6/h1-3,6H,4-5H2,(H,12,13). The molecule has 0 amide bonds. The van der Waals surface area contributed by atoms with Crippen LogP contribution in [-0.2, 0) is 0 Å². The molecule has 0 atom stereocenters. The number of carboxylic acids is 1. The molecule has 0 saturated heterocycles. The molecule has 0 aliphatic heterocycles. The maximum atomic E-state index is 10.8. The molecule has 0 unspecified atom stereocenters. The fourth-order valence-corrected chi connectivity index (χ4v) is 1.66. The summed E-state index contributed by atoms with van der Waals surface area (Å²) in [5, 5.41) is 8.85. The van der Waals surface area contributed by atoms with Gasteiger partial charge in [-0.25, -0.2) is 4.79 Å². The fourth-order valence-electron chi connectivity index (χ4n) is 1.13. The second-order valence-electron chi connectivity index (χ2n) is 3.24.